The number of carbonyl (C=O) groups excluding carboxylic acids is 4. The first-order chi connectivity index (χ1) is 27.0. The number of halogens is 5. The van der Waals surface area contributed by atoms with Crippen LogP contribution in [0.4, 0.5) is 9.59 Å². The smallest absolute Gasteiger partial charge is 0.507 e. The fourth-order valence-electron chi connectivity index (χ4n) is 6.89. The Bertz CT molecular complexity index is 1870. The predicted octanol–water partition coefficient (Wildman–Crippen LogP) is 9.04. The summed E-state index contributed by atoms with van der Waals surface area (Å²) in [7, 11) is 3.17. The largest absolute Gasteiger partial charge is 0.513 e. The van der Waals surface area contributed by atoms with Crippen molar-refractivity contribution in [1.29, 1.82) is 0 Å². The molecule has 4 aliphatic heterocycles. The third-order valence-electron chi connectivity index (χ3n) is 9.58. The molecule has 0 saturated carbocycles. The van der Waals surface area contributed by atoms with Crippen molar-refractivity contribution in [3.05, 3.63) is 78.1 Å². The van der Waals surface area contributed by atoms with Gasteiger partial charge in [-0.25, -0.2) is 19.2 Å². The molecule has 4 aliphatic rings. The maximum atomic E-state index is 12.9. The Morgan fingerprint density at radius 1 is 0.719 bits per heavy atom. The van der Waals surface area contributed by atoms with Gasteiger partial charge in [0, 0.05) is 84.6 Å². The van der Waals surface area contributed by atoms with Crippen molar-refractivity contribution in [2.75, 3.05) is 53.6 Å². The molecule has 312 valence electrons. The van der Waals surface area contributed by atoms with Crippen LogP contribution < -0.4 is 0 Å². The standard InChI is InChI=1S/C19H21Cl2NO6.C16H17Cl2NO4.C3H5ClO2/c1-4-26-18(24)27-16-15(14-11(2)9-12(20)10-13(14)21)17(23)28-19(16)5-7-22(25-3)8-6-19;1-9-7-10(17)8-11(18)12(9)13-14(20)16(23-15(13)21)3-5-19(22-2)6-4-16;1-2-6-3(4)5/h9-10H,4-8H2,1-3H3;7-8,20H,3-6H2,1-2H3;2H2,1H3. The Morgan fingerprint density at radius 3 is 1.54 bits per heavy atom. The van der Waals surface area contributed by atoms with E-state index in [0.29, 0.717) is 95.8 Å². The average molecular weight is 897 g/mol. The summed E-state index contributed by atoms with van der Waals surface area (Å²) in [6, 6.07) is 6.47. The molecule has 6 rings (SSSR count). The number of aryl methyl sites for hydroxylation is 2. The number of aliphatic hydroxyl groups excluding tert-OH is 1. The zero-order valence-corrected chi connectivity index (χ0v) is 35.9. The second-order valence-corrected chi connectivity index (χ2v) is 15.0. The van der Waals surface area contributed by atoms with Gasteiger partial charge in [-0.05, 0) is 63.1 Å². The van der Waals surface area contributed by atoms with E-state index in [-0.39, 0.29) is 34.3 Å². The van der Waals surface area contributed by atoms with E-state index in [2.05, 4.69) is 4.74 Å². The number of carbonyl (C=O) groups is 4. The van der Waals surface area contributed by atoms with Crippen molar-refractivity contribution in [3.63, 3.8) is 0 Å². The highest BCUT2D eigenvalue weighted by molar-refractivity contribution is 6.61. The topological polar surface area (TPSA) is 160 Å². The lowest BCUT2D eigenvalue weighted by Crippen LogP contribution is -2.46. The molecule has 0 unspecified atom stereocenters. The first-order valence-electron chi connectivity index (χ1n) is 17.8. The van der Waals surface area contributed by atoms with E-state index in [1.165, 1.54) is 6.07 Å². The Balaban J connectivity index is 0.000000224. The molecule has 57 heavy (non-hydrogen) atoms. The van der Waals surface area contributed by atoms with Crippen molar-refractivity contribution in [2.45, 2.75) is 64.6 Å². The highest BCUT2D eigenvalue weighted by Crippen LogP contribution is 2.48. The van der Waals surface area contributed by atoms with Gasteiger partial charge in [-0.1, -0.05) is 46.4 Å². The van der Waals surface area contributed by atoms with Crippen LogP contribution in [0, 0.1) is 13.8 Å². The molecule has 2 spiro atoms. The molecule has 0 radical (unpaired) electrons. The summed E-state index contributed by atoms with van der Waals surface area (Å²) >= 11 is 29.4. The number of hydrogen-bond acceptors (Lipinski definition) is 14. The van der Waals surface area contributed by atoms with Gasteiger partial charge in [-0.15, -0.1) is 0 Å². The van der Waals surface area contributed by atoms with Crippen LogP contribution in [0.3, 0.4) is 0 Å². The maximum Gasteiger partial charge on any atom is 0.513 e. The highest BCUT2D eigenvalue weighted by atomic mass is 35.5. The van der Waals surface area contributed by atoms with Crippen LogP contribution in [0.1, 0.15) is 61.8 Å². The Kier molecular flexibility index (Phi) is 16.4. The number of hydroxylamine groups is 4. The lowest BCUT2D eigenvalue weighted by molar-refractivity contribution is -0.183. The van der Waals surface area contributed by atoms with Gasteiger partial charge in [0.1, 0.15) is 11.1 Å². The zero-order valence-electron chi connectivity index (χ0n) is 32.1. The number of esters is 2. The Morgan fingerprint density at radius 2 is 1.14 bits per heavy atom. The van der Waals surface area contributed by atoms with Crippen LogP contribution in [0.15, 0.2) is 35.8 Å². The van der Waals surface area contributed by atoms with Crippen molar-refractivity contribution < 1.29 is 57.6 Å². The van der Waals surface area contributed by atoms with Crippen LogP contribution in [-0.4, -0.2) is 104 Å². The molecule has 2 fully saturated rings. The number of ether oxygens (including phenoxy) is 5. The second-order valence-electron chi connectivity index (χ2n) is 13.0. The molecule has 4 heterocycles. The molecule has 0 aromatic heterocycles. The number of piperidine rings is 2. The number of hydrogen-bond donors (Lipinski definition) is 1. The summed E-state index contributed by atoms with van der Waals surface area (Å²) in [5.74, 6) is -1.08. The summed E-state index contributed by atoms with van der Waals surface area (Å²) in [5.41, 5.74) is -0.259. The molecule has 19 heteroatoms. The lowest BCUT2D eigenvalue weighted by Gasteiger charge is -2.37. The number of nitrogens with zero attached hydrogens (tertiary/aromatic N) is 2. The fraction of sp³-hybridized carbons (Fsp3) is 0.474. The summed E-state index contributed by atoms with van der Waals surface area (Å²) in [6.07, 6.45) is 0.826. The minimum absolute atomic E-state index is 0.0504. The third-order valence-corrected chi connectivity index (χ3v) is 10.7. The molecule has 2 aromatic rings. The minimum atomic E-state index is -1.08. The van der Waals surface area contributed by atoms with Crippen LogP contribution in [0.25, 0.3) is 11.1 Å². The van der Waals surface area contributed by atoms with Gasteiger partial charge in [0.15, 0.2) is 22.7 Å². The normalized spacial score (nSPS) is 18.7. The van der Waals surface area contributed by atoms with Crippen molar-refractivity contribution in [1.82, 2.24) is 10.1 Å². The molecule has 14 nitrogen and oxygen atoms in total. The monoisotopic (exact) mass is 894 g/mol. The molecular weight excluding hydrogens is 854 g/mol. The number of benzene rings is 2. The van der Waals surface area contributed by atoms with Gasteiger partial charge in [-0.3, -0.25) is 0 Å². The molecule has 0 aliphatic carbocycles. The van der Waals surface area contributed by atoms with Crippen molar-refractivity contribution in [3.8, 4) is 0 Å². The van der Waals surface area contributed by atoms with Gasteiger partial charge < -0.3 is 38.5 Å². The Hall–Kier alpha value is -3.31. The van der Waals surface area contributed by atoms with Crippen molar-refractivity contribution in [2.24, 2.45) is 0 Å². The zero-order chi connectivity index (χ0) is 42.2. The number of aliphatic hydroxyl groups is 1. The summed E-state index contributed by atoms with van der Waals surface area (Å²) in [6.45, 7) is 9.54. The first kappa shape index (κ1) is 46.4. The summed E-state index contributed by atoms with van der Waals surface area (Å²) < 4.78 is 25.9. The molecule has 0 bridgehead atoms. The quantitative estimate of drug-likeness (QED) is 0.159. The number of rotatable bonds is 7. The van der Waals surface area contributed by atoms with Gasteiger partial charge >= 0.3 is 23.5 Å². The van der Waals surface area contributed by atoms with E-state index in [1.54, 1.807) is 70.2 Å². The van der Waals surface area contributed by atoms with Crippen molar-refractivity contribution >= 4 is 92.7 Å². The maximum absolute atomic E-state index is 12.9. The van der Waals surface area contributed by atoms with Crippen LogP contribution >= 0.6 is 58.0 Å². The first-order valence-corrected chi connectivity index (χ1v) is 19.7. The lowest BCUT2D eigenvalue weighted by atomic mass is 9.87. The summed E-state index contributed by atoms with van der Waals surface area (Å²) in [5, 5.41) is 15.8. The molecule has 0 amide bonds. The van der Waals surface area contributed by atoms with Gasteiger partial charge in [-0.2, -0.15) is 10.1 Å². The van der Waals surface area contributed by atoms with Gasteiger partial charge in [0.25, 0.3) is 0 Å². The van der Waals surface area contributed by atoms with Crippen LogP contribution in [-0.2, 0) is 42.9 Å². The van der Waals surface area contributed by atoms with Gasteiger partial charge in [0.05, 0.1) is 37.5 Å². The molecule has 1 N–H and O–H groups in total. The molecular formula is C38H43Cl5N2O12. The predicted molar refractivity (Wildman–Crippen MR) is 213 cm³/mol. The minimum Gasteiger partial charge on any atom is -0.507 e. The third kappa shape index (κ3) is 10.7. The molecule has 2 saturated heterocycles. The SMILES string of the molecule is CCOC(=O)Cl.CCOC(=O)OC1=C(c2c(C)cc(Cl)cc2Cl)C(=O)OC12CCN(OC)CC2.CON1CCC2(CC1)OC(=O)C(c1c(C)cc(Cl)cc1Cl)=C2O. The van der Waals surface area contributed by atoms with E-state index in [4.69, 9.17) is 86.6 Å². The highest BCUT2D eigenvalue weighted by Gasteiger charge is 2.53. The average Bonchev–Trinajstić information content (AvgIpc) is 3.52. The van der Waals surface area contributed by atoms with E-state index in [0.717, 1.165) is 0 Å². The molecule has 0 atom stereocenters. The van der Waals surface area contributed by atoms with E-state index >= 15 is 0 Å². The second kappa shape index (κ2) is 20.1. The van der Waals surface area contributed by atoms with Crippen LogP contribution in [0.2, 0.25) is 20.1 Å². The van der Waals surface area contributed by atoms with E-state index in [1.807, 2.05) is 0 Å². The van der Waals surface area contributed by atoms with Crippen LogP contribution in [0.5, 0.6) is 0 Å². The fourth-order valence-corrected chi connectivity index (χ4v) is 8.37. The van der Waals surface area contributed by atoms with E-state index < -0.39 is 34.7 Å². The van der Waals surface area contributed by atoms with E-state index in [9.17, 15) is 24.3 Å². The summed E-state index contributed by atoms with van der Waals surface area (Å²) in [4.78, 5) is 57.4. The Labute approximate surface area is 355 Å². The van der Waals surface area contributed by atoms with Gasteiger partial charge in [0.2, 0.25) is 0 Å². The molecule has 2 aromatic carbocycles.